The van der Waals surface area contributed by atoms with Crippen molar-refractivity contribution >= 4 is 32.5 Å². The standard InChI is InChI=1S/C29H23ClFN3O4S/c1-34(17-19-9-11-20(37-2)12-10-19)39(35,36)23-6-3-5-21(15-23)38-22-13-14-27(31)25(16-22)28-24-7-4-8-26(30)29(24)33-18-32-28/h3-16,18H,17H2,1-2H3. The van der Waals surface area contributed by atoms with Gasteiger partial charge in [0.2, 0.25) is 10.0 Å². The fourth-order valence-electron chi connectivity index (χ4n) is 4.10. The minimum atomic E-state index is -3.82. The average molecular weight is 564 g/mol. The quantitative estimate of drug-likeness (QED) is 0.209. The maximum absolute atomic E-state index is 14.9. The molecule has 0 fully saturated rings. The highest BCUT2D eigenvalue weighted by molar-refractivity contribution is 7.89. The highest BCUT2D eigenvalue weighted by atomic mass is 35.5. The summed E-state index contributed by atoms with van der Waals surface area (Å²) in [6.07, 6.45) is 1.33. The number of halogens is 2. The molecular weight excluding hydrogens is 541 g/mol. The molecule has 198 valence electrons. The van der Waals surface area contributed by atoms with Crippen LogP contribution in [0.15, 0.2) is 96.2 Å². The van der Waals surface area contributed by atoms with Crippen molar-refractivity contribution in [1.29, 1.82) is 0 Å². The first-order chi connectivity index (χ1) is 18.8. The Kier molecular flexibility index (Phi) is 7.47. The van der Waals surface area contributed by atoms with E-state index in [0.717, 1.165) is 5.56 Å². The van der Waals surface area contributed by atoms with E-state index in [4.69, 9.17) is 21.1 Å². The molecule has 5 rings (SSSR count). The second kappa shape index (κ2) is 11.0. The zero-order valence-electron chi connectivity index (χ0n) is 21.0. The molecule has 39 heavy (non-hydrogen) atoms. The van der Waals surface area contributed by atoms with E-state index in [-0.39, 0.29) is 22.8 Å². The molecule has 4 aromatic carbocycles. The summed E-state index contributed by atoms with van der Waals surface area (Å²) in [6.45, 7) is 0.176. The van der Waals surface area contributed by atoms with E-state index in [1.165, 1.54) is 48.0 Å². The van der Waals surface area contributed by atoms with Crippen molar-refractivity contribution in [2.24, 2.45) is 0 Å². The molecule has 0 aliphatic heterocycles. The molecule has 5 aromatic rings. The van der Waals surface area contributed by atoms with Crippen molar-refractivity contribution in [3.63, 3.8) is 0 Å². The molecule has 0 saturated heterocycles. The monoisotopic (exact) mass is 563 g/mol. The van der Waals surface area contributed by atoms with Crippen LogP contribution in [-0.4, -0.2) is 36.8 Å². The van der Waals surface area contributed by atoms with Crippen molar-refractivity contribution in [3.8, 4) is 28.5 Å². The van der Waals surface area contributed by atoms with Crippen LogP contribution in [0.2, 0.25) is 5.02 Å². The van der Waals surface area contributed by atoms with Crippen LogP contribution in [0.5, 0.6) is 17.2 Å². The first-order valence-corrected chi connectivity index (χ1v) is 13.6. The van der Waals surface area contributed by atoms with Crippen LogP contribution in [0.1, 0.15) is 5.56 Å². The fourth-order valence-corrected chi connectivity index (χ4v) is 5.52. The summed E-state index contributed by atoms with van der Waals surface area (Å²) in [7, 11) is -0.739. The Bertz CT molecular complexity index is 1770. The number of nitrogens with zero attached hydrogens (tertiary/aromatic N) is 3. The normalized spacial score (nSPS) is 11.6. The number of ether oxygens (including phenoxy) is 2. The average Bonchev–Trinajstić information content (AvgIpc) is 2.94. The maximum Gasteiger partial charge on any atom is 0.243 e. The van der Waals surface area contributed by atoms with Crippen molar-refractivity contribution in [2.45, 2.75) is 11.4 Å². The summed E-state index contributed by atoms with van der Waals surface area (Å²) in [6, 6.07) is 22.8. The number of sulfonamides is 1. The van der Waals surface area contributed by atoms with E-state index < -0.39 is 15.8 Å². The number of methoxy groups -OCH3 is 1. The van der Waals surface area contributed by atoms with Crippen molar-refractivity contribution in [2.75, 3.05) is 14.2 Å². The molecule has 0 spiro atoms. The van der Waals surface area contributed by atoms with Gasteiger partial charge in [0.1, 0.15) is 29.4 Å². The molecule has 1 heterocycles. The van der Waals surface area contributed by atoms with Crippen LogP contribution in [0, 0.1) is 5.82 Å². The van der Waals surface area contributed by atoms with Crippen LogP contribution < -0.4 is 9.47 Å². The lowest BCUT2D eigenvalue weighted by Crippen LogP contribution is -2.26. The molecule has 0 N–H and O–H groups in total. The molecule has 0 aliphatic rings. The van der Waals surface area contributed by atoms with E-state index >= 15 is 0 Å². The third-order valence-corrected chi connectivity index (χ3v) is 8.23. The number of fused-ring (bicyclic) bond motifs is 1. The van der Waals surface area contributed by atoms with Gasteiger partial charge >= 0.3 is 0 Å². The molecular formula is C29H23ClFN3O4S. The summed E-state index contributed by atoms with van der Waals surface area (Å²) in [5, 5.41) is 1.02. The summed E-state index contributed by atoms with van der Waals surface area (Å²) in [4.78, 5) is 8.55. The highest BCUT2D eigenvalue weighted by Gasteiger charge is 2.22. The lowest BCUT2D eigenvalue weighted by atomic mass is 10.1. The highest BCUT2D eigenvalue weighted by Crippen LogP contribution is 2.34. The van der Waals surface area contributed by atoms with Crippen LogP contribution in [-0.2, 0) is 16.6 Å². The van der Waals surface area contributed by atoms with Crippen LogP contribution in [0.4, 0.5) is 4.39 Å². The van der Waals surface area contributed by atoms with Gasteiger partial charge in [0.25, 0.3) is 0 Å². The second-order valence-corrected chi connectivity index (χ2v) is 11.1. The van der Waals surface area contributed by atoms with Gasteiger partial charge in [-0.1, -0.05) is 41.9 Å². The van der Waals surface area contributed by atoms with E-state index in [9.17, 15) is 12.8 Å². The summed E-state index contributed by atoms with van der Waals surface area (Å²) in [5.74, 6) is 0.775. The minimum Gasteiger partial charge on any atom is -0.497 e. The third-order valence-electron chi connectivity index (χ3n) is 6.12. The predicted octanol–water partition coefficient (Wildman–Crippen LogP) is 6.71. The Labute approximate surface area is 230 Å². The van der Waals surface area contributed by atoms with Gasteiger partial charge in [0, 0.05) is 30.6 Å². The van der Waals surface area contributed by atoms with E-state index in [2.05, 4.69) is 9.97 Å². The topological polar surface area (TPSA) is 81.6 Å². The van der Waals surface area contributed by atoms with E-state index in [1.54, 1.807) is 49.6 Å². The number of hydrogen-bond acceptors (Lipinski definition) is 6. The maximum atomic E-state index is 14.9. The first kappa shape index (κ1) is 26.6. The Morgan fingerprint density at radius 3 is 2.38 bits per heavy atom. The third kappa shape index (κ3) is 5.56. The van der Waals surface area contributed by atoms with Gasteiger partial charge in [-0.2, -0.15) is 4.31 Å². The van der Waals surface area contributed by atoms with Crippen molar-refractivity contribution in [1.82, 2.24) is 14.3 Å². The minimum absolute atomic E-state index is 0.0646. The zero-order valence-corrected chi connectivity index (χ0v) is 22.6. The Hall–Kier alpha value is -4.05. The second-order valence-electron chi connectivity index (χ2n) is 8.69. The van der Waals surface area contributed by atoms with E-state index in [1.807, 2.05) is 12.1 Å². The van der Waals surface area contributed by atoms with Crippen LogP contribution in [0.3, 0.4) is 0 Å². The van der Waals surface area contributed by atoms with Gasteiger partial charge in [0.15, 0.2) is 0 Å². The van der Waals surface area contributed by atoms with Gasteiger partial charge in [-0.25, -0.2) is 22.8 Å². The smallest absolute Gasteiger partial charge is 0.243 e. The van der Waals surface area contributed by atoms with Gasteiger partial charge in [-0.05, 0) is 54.1 Å². The Morgan fingerprint density at radius 2 is 1.62 bits per heavy atom. The lowest BCUT2D eigenvalue weighted by Gasteiger charge is -2.18. The lowest BCUT2D eigenvalue weighted by molar-refractivity contribution is 0.414. The molecule has 0 saturated carbocycles. The molecule has 0 unspecified atom stereocenters. The van der Waals surface area contributed by atoms with Crippen LogP contribution in [0.25, 0.3) is 22.2 Å². The SMILES string of the molecule is COc1ccc(CN(C)S(=O)(=O)c2cccc(Oc3ccc(F)c(-c4ncnc5c(Cl)cccc45)c3)c2)cc1. The summed E-state index contributed by atoms with van der Waals surface area (Å²) >= 11 is 6.26. The van der Waals surface area contributed by atoms with Crippen molar-refractivity contribution in [3.05, 3.63) is 108 Å². The number of aromatic nitrogens is 2. The number of rotatable bonds is 8. The van der Waals surface area contributed by atoms with Gasteiger partial charge in [-0.3, -0.25) is 0 Å². The largest absolute Gasteiger partial charge is 0.497 e. The van der Waals surface area contributed by atoms with Gasteiger partial charge < -0.3 is 9.47 Å². The molecule has 10 heteroatoms. The Morgan fingerprint density at radius 1 is 0.897 bits per heavy atom. The molecule has 0 amide bonds. The molecule has 0 aliphatic carbocycles. The number of hydrogen-bond donors (Lipinski definition) is 0. The van der Waals surface area contributed by atoms with Gasteiger partial charge in [0.05, 0.1) is 28.2 Å². The van der Waals surface area contributed by atoms with E-state index in [0.29, 0.717) is 33.1 Å². The molecule has 0 radical (unpaired) electrons. The Balaban J connectivity index is 1.41. The van der Waals surface area contributed by atoms with Gasteiger partial charge in [-0.15, -0.1) is 0 Å². The fraction of sp³-hybridized carbons (Fsp3) is 0.103. The van der Waals surface area contributed by atoms with Crippen molar-refractivity contribution < 1.29 is 22.3 Å². The molecule has 0 atom stereocenters. The number of benzene rings is 4. The predicted molar refractivity (Wildman–Crippen MR) is 148 cm³/mol. The molecule has 1 aromatic heterocycles. The van der Waals surface area contributed by atoms with Crippen LogP contribution >= 0.6 is 11.6 Å². The molecule has 0 bridgehead atoms. The summed E-state index contributed by atoms with van der Waals surface area (Å²) < 4.78 is 53.8. The zero-order chi connectivity index (χ0) is 27.6. The first-order valence-electron chi connectivity index (χ1n) is 11.8. The summed E-state index contributed by atoms with van der Waals surface area (Å²) in [5.41, 5.74) is 1.88. The number of para-hydroxylation sites is 1. The molecule has 7 nitrogen and oxygen atoms in total.